The fraction of sp³-hybridized carbons (Fsp3) is 0.103. The van der Waals surface area contributed by atoms with Crippen LogP contribution in [0.25, 0.3) is 77.3 Å². The molecule has 5 aliphatic rings. The summed E-state index contributed by atoms with van der Waals surface area (Å²) in [5.41, 5.74) is 30.1. The van der Waals surface area contributed by atoms with Crippen molar-refractivity contribution in [3.05, 3.63) is 316 Å². The zero-order valence-electron chi connectivity index (χ0n) is 52.4. The van der Waals surface area contributed by atoms with Crippen molar-refractivity contribution in [3.63, 3.8) is 0 Å². The van der Waals surface area contributed by atoms with Gasteiger partial charge in [0.25, 0.3) is 0 Å². The van der Waals surface area contributed by atoms with Crippen LogP contribution in [-0.2, 0) is 16.2 Å². The molecule has 0 N–H and O–H groups in total. The van der Waals surface area contributed by atoms with Crippen molar-refractivity contribution >= 4 is 95.1 Å². The van der Waals surface area contributed by atoms with Gasteiger partial charge in [0.05, 0.1) is 44.6 Å². The van der Waals surface area contributed by atoms with Gasteiger partial charge in [-0.25, -0.2) is 0 Å². The largest absolute Gasteiger partial charge is 0.455 e. The molecule has 20 rings (SSSR count). The Morgan fingerprint density at radius 3 is 1.31 bits per heavy atom. The van der Waals surface area contributed by atoms with Gasteiger partial charge in [-0.2, -0.15) is 0 Å². The van der Waals surface area contributed by atoms with Crippen molar-refractivity contribution in [1.82, 2.24) is 0 Å². The van der Waals surface area contributed by atoms with E-state index in [1.54, 1.807) is 0 Å². The van der Waals surface area contributed by atoms with E-state index in [4.69, 9.17) is 13.6 Å². The molecule has 442 valence electrons. The zero-order chi connectivity index (χ0) is 62.0. The number of anilines is 9. The van der Waals surface area contributed by atoms with E-state index in [0.29, 0.717) is 0 Å². The van der Waals surface area contributed by atoms with Crippen LogP contribution in [0, 0.1) is 13.8 Å². The van der Waals surface area contributed by atoms with Gasteiger partial charge in [0.2, 0.25) is 0 Å². The van der Waals surface area contributed by atoms with Gasteiger partial charge in [-0.3, -0.25) is 0 Å². The molecule has 0 atom stereocenters. The quantitative estimate of drug-likeness (QED) is 0.165. The topological polar surface area (TPSA) is 45.2 Å². The Bertz CT molecular complexity index is 5540. The summed E-state index contributed by atoms with van der Waals surface area (Å²) in [6.07, 6.45) is 0. The molecular formula is C87H61N3O3. The number of para-hydroxylation sites is 8. The van der Waals surface area contributed by atoms with Crippen LogP contribution in [-0.4, -0.2) is 0 Å². The molecule has 4 heterocycles. The van der Waals surface area contributed by atoms with E-state index in [2.05, 4.69) is 317 Å². The minimum Gasteiger partial charge on any atom is -0.455 e. The lowest BCUT2D eigenvalue weighted by molar-refractivity contribution is 0.473. The van der Waals surface area contributed by atoms with Gasteiger partial charge >= 0.3 is 0 Å². The lowest BCUT2D eigenvalue weighted by Crippen LogP contribution is -2.37. The predicted octanol–water partition coefficient (Wildman–Crippen LogP) is 23.9. The van der Waals surface area contributed by atoms with E-state index < -0.39 is 5.41 Å². The van der Waals surface area contributed by atoms with E-state index in [-0.39, 0.29) is 10.8 Å². The summed E-state index contributed by atoms with van der Waals surface area (Å²) in [5, 5.41) is 4.10. The van der Waals surface area contributed by atoms with Crippen molar-refractivity contribution in [2.45, 2.75) is 57.8 Å². The van der Waals surface area contributed by atoms with Gasteiger partial charge in [0, 0.05) is 55.5 Å². The van der Waals surface area contributed by atoms with Crippen molar-refractivity contribution < 1.29 is 13.6 Å². The highest BCUT2D eigenvalue weighted by Crippen LogP contribution is 2.71. The van der Waals surface area contributed by atoms with Crippen LogP contribution in [0.1, 0.15) is 83.3 Å². The maximum atomic E-state index is 7.76. The molecule has 13 aromatic carbocycles. The first-order valence-corrected chi connectivity index (χ1v) is 32.5. The summed E-state index contributed by atoms with van der Waals surface area (Å²) in [4.78, 5) is 7.52. The molecule has 1 spiro atoms. The van der Waals surface area contributed by atoms with E-state index in [1.165, 1.54) is 44.5 Å². The third-order valence-corrected chi connectivity index (χ3v) is 21.7. The molecule has 6 heteroatoms. The fourth-order valence-electron chi connectivity index (χ4n) is 17.5. The highest BCUT2D eigenvalue weighted by atomic mass is 16.5. The summed E-state index contributed by atoms with van der Waals surface area (Å²) in [6.45, 7) is 14.0. The Balaban J connectivity index is 0.969. The minimum absolute atomic E-state index is 0.256. The normalized spacial score (nSPS) is 14.9. The van der Waals surface area contributed by atoms with E-state index >= 15 is 0 Å². The second-order valence-corrected chi connectivity index (χ2v) is 27.1. The van der Waals surface area contributed by atoms with Gasteiger partial charge in [0.1, 0.15) is 22.3 Å². The van der Waals surface area contributed by atoms with E-state index in [9.17, 15) is 0 Å². The molecule has 0 saturated heterocycles. The molecule has 0 amide bonds. The summed E-state index contributed by atoms with van der Waals surface area (Å²) in [7, 11) is 0. The Morgan fingerprint density at radius 1 is 0.333 bits per heavy atom. The Labute approximate surface area is 539 Å². The van der Waals surface area contributed by atoms with Gasteiger partial charge < -0.3 is 28.3 Å². The molecule has 93 heavy (non-hydrogen) atoms. The lowest BCUT2D eigenvalue weighted by atomic mass is 9.64. The number of aryl methyl sites for hydroxylation is 2. The highest BCUT2D eigenvalue weighted by Gasteiger charge is 2.56. The fourth-order valence-corrected chi connectivity index (χ4v) is 17.5. The van der Waals surface area contributed by atoms with Crippen molar-refractivity contribution in [3.8, 4) is 44.9 Å². The molecule has 2 aromatic heterocycles. The lowest BCUT2D eigenvalue weighted by Gasteiger charge is -2.47. The Morgan fingerprint density at radius 2 is 0.763 bits per heavy atom. The zero-order valence-corrected chi connectivity index (χ0v) is 52.4. The number of hydrogen-bond donors (Lipinski definition) is 0. The Hall–Kier alpha value is -11.3. The van der Waals surface area contributed by atoms with Gasteiger partial charge in [0.15, 0.2) is 11.5 Å². The first-order chi connectivity index (χ1) is 45.5. The highest BCUT2D eigenvalue weighted by molar-refractivity contribution is 6.25. The van der Waals surface area contributed by atoms with Crippen LogP contribution >= 0.6 is 0 Å². The van der Waals surface area contributed by atoms with Crippen LogP contribution in [0.4, 0.5) is 51.2 Å². The summed E-state index contributed by atoms with van der Waals surface area (Å²) < 4.78 is 22.7. The molecule has 0 unspecified atom stereocenters. The maximum Gasteiger partial charge on any atom is 0.151 e. The summed E-state index contributed by atoms with van der Waals surface area (Å²) in [5.74, 6) is 1.60. The molecule has 3 aliphatic carbocycles. The average Bonchev–Trinajstić information content (AvgIpc) is 1.52. The minimum atomic E-state index is -1.06. The van der Waals surface area contributed by atoms with Crippen LogP contribution in [0.15, 0.2) is 270 Å². The van der Waals surface area contributed by atoms with Crippen molar-refractivity contribution in [2.24, 2.45) is 0 Å². The number of ether oxygens (including phenoxy) is 1. The summed E-state index contributed by atoms with van der Waals surface area (Å²) in [6, 6.07) is 96.6. The monoisotopic (exact) mass is 1200 g/mol. The van der Waals surface area contributed by atoms with Gasteiger partial charge in [-0.1, -0.05) is 204 Å². The first kappa shape index (κ1) is 52.4. The molecule has 0 radical (unpaired) electrons. The third-order valence-electron chi connectivity index (χ3n) is 21.7. The molecule has 15 aromatic rings. The van der Waals surface area contributed by atoms with Gasteiger partial charge in [-0.15, -0.1) is 0 Å². The van der Waals surface area contributed by atoms with Crippen molar-refractivity contribution in [1.29, 1.82) is 0 Å². The van der Waals surface area contributed by atoms with Crippen molar-refractivity contribution in [2.75, 3.05) is 14.7 Å². The molecule has 0 bridgehead atoms. The predicted molar refractivity (Wildman–Crippen MR) is 381 cm³/mol. The first-order valence-electron chi connectivity index (χ1n) is 32.5. The summed E-state index contributed by atoms with van der Waals surface area (Å²) >= 11 is 0. The SMILES string of the molecule is Cc1ccccc1N(c1ccc2c(c1)C(C)(C)c1ccccc1-2)c1cc2c(c3oc4ccccc4c13)-c1c(cc(N(c3ccc4c(c3)C(C)(C)c3ccccc3-4)c3ccccc3C)c3c1oc1ccccc13)C21c2ccccc2N2c3ccccc3Oc3cccc1c32. The number of hydrogen-bond acceptors (Lipinski definition) is 6. The van der Waals surface area contributed by atoms with Crippen LogP contribution in [0.5, 0.6) is 11.5 Å². The number of rotatable bonds is 6. The number of fused-ring (bicyclic) bond motifs is 25. The maximum absolute atomic E-state index is 7.76. The van der Waals surface area contributed by atoms with Gasteiger partial charge in [-0.05, 0) is 177 Å². The molecular weight excluding hydrogens is 1130 g/mol. The standard InChI is InChI=1S/C87H61N3O3/c1-50-24-7-16-34-68(50)88(52-42-44-56-54-26-9-13-30-60(54)85(3,4)64(56)46-52)72-48-66-80(83-78(72)58-28-11-20-38-74(58)92-83)81-67(87(66)62-32-15-18-36-70(62)90-71-37-19-22-40-76(71)91-77-41-23-33-63(87)82(77)90)49-73(79-59-29-12-21-39-75(59)93-84(79)81)89(69-35-17-8-25-51(69)2)53-43-45-57-55-27-10-14-31-61(55)86(5,6)65(57)47-53/h7-49H,1-6H3. The smallest absolute Gasteiger partial charge is 0.151 e. The third kappa shape index (κ3) is 6.71. The second-order valence-electron chi connectivity index (χ2n) is 27.1. The molecule has 0 fully saturated rings. The number of furan rings is 2. The van der Waals surface area contributed by atoms with E-state index in [1.807, 2.05) is 0 Å². The average molecular weight is 1200 g/mol. The van der Waals surface area contributed by atoms with Crippen LogP contribution in [0.2, 0.25) is 0 Å². The van der Waals surface area contributed by atoms with E-state index in [0.717, 1.165) is 151 Å². The molecule has 6 nitrogen and oxygen atoms in total. The number of benzene rings is 13. The Kier molecular flexibility index (Phi) is 10.4. The molecule has 2 aliphatic heterocycles. The second kappa shape index (κ2) is 18.4. The molecule has 0 saturated carbocycles. The number of nitrogens with zero attached hydrogens (tertiary/aromatic N) is 3. The van der Waals surface area contributed by atoms with Crippen LogP contribution in [0.3, 0.4) is 0 Å². The van der Waals surface area contributed by atoms with Crippen LogP contribution < -0.4 is 19.4 Å².